The summed E-state index contributed by atoms with van der Waals surface area (Å²) in [4.78, 5) is 12.5. The van der Waals surface area contributed by atoms with Crippen LogP contribution < -0.4 is 9.47 Å². The molecule has 0 saturated carbocycles. The maximum Gasteiger partial charge on any atom is 0.343 e. The Morgan fingerprint density at radius 3 is 2.42 bits per heavy atom. The largest absolute Gasteiger partial charge is 0.464 e. The summed E-state index contributed by atoms with van der Waals surface area (Å²) in [5, 5.41) is 7.06. The van der Waals surface area contributed by atoms with Gasteiger partial charge in [0.15, 0.2) is 0 Å². The van der Waals surface area contributed by atoms with Crippen molar-refractivity contribution in [2.45, 2.75) is 25.6 Å². The third-order valence-electron chi connectivity index (χ3n) is 6.54. The van der Waals surface area contributed by atoms with E-state index in [0.717, 1.165) is 44.6 Å². The lowest BCUT2D eigenvalue weighted by Crippen LogP contribution is -2.33. The molecule has 0 unspecified atom stereocenters. The lowest BCUT2D eigenvalue weighted by atomic mass is 9.96. The van der Waals surface area contributed by atoms with Crippen molar-refractivity contribution in [3.05, 3.63) is 129 Å². The summed E-state index contributed by atoms with van der Waals surface area (Å²) in [6.45, 7) is 1.98. The highest BCUT2D eigenvalue weighted by molar-refractivity contribution is 9.10. The standard InChI is InChI=1S/C30H23BrN2O3/c1-19-6-8-22(9-7-19)30(34)35-24-16-12-21(13-17-24)29-33-27(25-4-2-3-5-28(25)36-29)18-26(32-33)20-10-14-23(31)15-11-20/h2-17,27,29H,18H2,1H3/t27-,29+/m0/s1. The van der Waals surface area contributed by atoms with E-state index in [1.807, 2.05) is 66.5 Å². The van der Waals surface area contributed by atoms with E-state index in [9.17, 15) is 4.79 Å². The van der Waals surface area contributed by atoms with Gasteiger partial charge in [-0.3, -0.25) is 0 Å². The predicted octanol–water partition coefficient (Wildman–Crippen LogP) is 7.22. The summed E-state index contributed by atoms with van der Waals surface area (Å²) in [5.41, 5.74) is 5.81. The molecule has 0 saturated heterocycles. The van der Waals surface area contributed by atoms with Crippen LogP contribution in [0.5, 0.6) is 11.5 Å². The average molecular weight is 539 g/mol. The second kappa shape index (κ2) is 9.28. The first-order valence-corrected chi connectivity index (χ1v) is 12.6. The molecule has 178 valence electrons. The lowest BCUT2D eigenvalue weighted by molar-refractivity contribution is -0.0190. The number of carbonyl (C=O) groups is 1. The molecule has 6 heteroatoms. The van der Waals surface area contributed by atoms with E-state index in [4.69, 9.17) is 14.6 Å². The van der Waals surface area contributed by atoms with E-state index in [2.05, 4.69) is 34.1 Å². The molecule has 36 heavy (non-hydrogen) atoms. The van der Waals surface area contributed by atoms with Crippen molar-refractivity contribution >= 4 is 27.6 Å². The minimum Gasteiger partial charge on any atom is -0.464 e. The molecule has 0 bridgehead atoms. The van der Waals surface area contributed by atoms with Gasteiger partial charge in [0.25, 0.3) is 0 Å². The first-order valence-electron chi connectivity index (χ1n) is 11.8. The molecule has 6 rings (SSSR count). The third kappa shape index (κ3) is 4.29. The second-order valence-electron chi connectivity index (χ2n) is 8.99. The van der Waals surface area contributed by atoms with E-state index in [1.54, 1.807) is 24.3 Å². The van der Waals surface area contributed by atoms with Crippen molar-refractivity contribution in [1.29, 1.82) is 0 Å². The zero-order chi connectivity index (χ0) is 24.6. The van der Waals surface area contributed by atoms with Crippen LogP contribution in [0.1, 0.15) is 51.3 Å². The van der Waals surface area contributed by atoms with Crippen LogP contribution in [0.3, 0.4) is 0 Å². The first kappa shape index (κ1) is 22.6. The summed E-state index contributed by atoms with van der Waals surface area (Å²) in [7, 11) is 0. The molecule has 4 aromatic rings. The Morgan fingerprint density at radius 1 is 0.944 bits per heavy atom. The summed E-state index contributed by atoms with van der Waals surface area (Å²) < 4.78 is 13.1. The van der Waals surface area contributed by atoms with Crippen LogP contribution in [-0.4, -0.2) is 16.7 Å². The number of fused-ring (bicyclic) bond motifs is 3. The van der Waals surface area contributed by atoms with Gasteiger partial charge in [-0.25, -0.2) is 9.80 Å². The van der Waals surface area contributed by atoms with Crippen molar-refractivity contribution in [3.8, 4) is 11.5 Å². The van der Waals surface area contributed by atoms with Crippen LogP contribution >= 0.6 is 15.9 Å². The Morgan fingerprint density at radius 2 is 1.67 bits per heavy atom. The van der Waals surface area contributed by atoms with Gasteiger partial charge in [-0.15, -0.1) is 0 Å². The number of esters is 1. The van der Waals surface area contributed by atoms with Crippen LogP contribution in [0.15, 0.2) is 107 Å². The Labute approximate surface area is 218 Å². The summed E-state index contributed by atoms with van der Waals surface area (Å²) in [5.74, 6) is 0.970. The highest BCUT2D eigenvalue weighted by Crippen LogP contribution is 2.47. The Kier molecular flexibility index (Phi) is 5.82. The number of carbonyl (C=O) groups excluding carboxylic acids is 1. The molecule has 0 fully saturated rings. The van der Waals surface area contributed by atoms with Crippen molar-refractivity contribution < 1.29 is 14.3 Å². The Bertz CT molecular complexity index is 1450. The van der Waals surface area contributed by atoms with Crippen molar-refractivity contribution in [2.75, 3.05) is 0 Å². The molecule has 4 aromatic carbocycles. The quantitative estimate of drug-likeness (QED) is 0.203. The summed E-state index contributed by atoms with van der Waals surface area (Å²) in [6.07, 6.45) is 0.407. The number of halogens is 1. The van der Waals surface area contributed by atoms with Crippen LogP contribution in [0, 0.1) is 6.92 Å². The zero-order valence-corrected chi connectivity index (χ0v) is 21.2. The first-order chi connectivity index (χ1) is 17.5. The van der Waals surface area contributed by atoms with Gasteiger partial charge in [-0.05, 0) is 67.1 Å². The summed E-state index contributed by atoms with van der Waals surface area (Å²) >= 11 is 3.51. The molecular formula is C30H23BrN2O3. The minimum absolute atomic E-state index is 0.0811. The predicted molar refractivity (Wildman–Crippen MR) is 142 cm³/mol. The zero-order valence-electron chi connectivity index (χ0n) is 19.6. The van der Waals surface area contributed by atoms with Crippen LogP contribution in [-0.2, 0) is 0 Å². The SMILES string of the molecule is Cc1ccc(C(=O)Oc2ccc([C@H]3Oc4ccccc4[C@@H]4CC(c5ccc(Br)cc5)=NN34)cc2)cc1. The smallest absolute Gasteiger partial charge is 0.343 e. The number of aryl methyl sites for hydroxylation is 1. The molecule has 0 N–H and O–H groups in total. The molecule has 2 aliphatic rings. The second-order valence-corrected chi connectivity index (χ2v) is 9.90. The molecule has 0 radical (unpaired) electrons. The fourth-order valence-electron chi connectivity index (χ4n) is 4.63. The molecule has 2 aliphatic heterocycles. The van der Waals surface area contributed by atoms with Gasteiger partial charge in [0, 0.05) is 22.0 Å². The van der Waals surface area contributed by atoms with Gasteiger partial charge in [-0.2, -0.15) is 5.10 Å². The van der Waals surface area contributed by atoms with Crippen LogP contribution in [0.25, 0.3) is 0 Å². The topological polar surface area (TPSA) is 51.1 Å². The molecule has 0 spiro atoms. The highest BCUT2D eigenvalue weighted by atomic mass is 79.9. The van der Waals surface area contributed by atoms with Crippen molar-refractivity contribution in [2.24, 2.45) is 5.10 Å². The normalized spacial score (nSPS) is 18.1. The van der Waals surface area contributed by atoms with Gasteiger partial charge in [-0.1, -0.05) is 64.0 Å². The molecule has 2 heterocycles. The summed E-state index contributed by atoms with van der Waals surface area (Å²) in [6, 6.07) is 31.3. The van der Waals surface area contributed by atoms with Gasteiger partial charge >= 0.3 is 5.97 Å². The van der Waals surface area contributed by atoms with Gasteiger partial charge in [0.1, 0.15) is 11.5 Å². The van der Waals surface area contributed by atoms with Gasteiger partial charge in [0.2, 0.25) is 6.23 Å². The molecule has 2 atom stereocenters. The van der Waals surface area contributed by atoms with Crippen molar-refractivity contribution in [1.82, 2.24) is 5.01 Å². The number of nitrogens with zero attached hydrogens (tertiary/aromatic N) is 2. The van der Waals surface area contributed by atoms with E-state index < -0.39 is 0 Å². The fraction of sp³-hybridized carbons (Fsp3) is 0.133. The molecule has 5 nitrogen and oxygen atoms in total. The lowest BCUT2D eigenvalue weighted by Gasteiger charge is -2.38. The Hall–Kier alpha value is -3.90. The number of rotatable bonds is 4. The number of hydrogen-bond acceptors (Lipinski definition) is 5. The maximum atomic E-state index is 12.5. The molecule has 0 aliphatic carbocycles. The molecular weight excluding hydrogens is 516 g/mol. The number of ether oxygens (including phenoxy) is 2. The van der Waals surface area contributed by atoms with Gasteiger partial charge < -0.3 is 9.47 Å². The fourth-order valence-corrected chi connectivity index (χ4v) is 4.89. The number of benzene rings is 4. The molecule has 0 aromatic heterocycles. The third-order valence-corrected chi connectivity index (χ3v) is 7.07. The van der Waals surface area contributed by atoms with E-state index in [1.165, 1.54) is 0 Å². The number of hydrogen-bond donors (Lipinski definition) is 0. The van der Waals surface area contributed by atoms with Gasteiger partial charge in [0.05, 0.1) is 17.3 Å². The van der Waals surface area contributed by atoms with E-state index >= 15 is 0 Å². The van der Waals surface area contributed by atoms with Crippen LogP contribution in [0.4, 0.5) is 0 Å². The van der Waals surface area contributed by atoms with Crippen molar-refractivity contribution in [3.63, 3.8) is 0 Å². The monoisotopic (exact) mass is 538 g/mol. The van der Waals surface area contributed by atoms with E-state index in [0.29, 0.717) is 11.3 Å². The highest BCUT2D eigenvalue weighted by Gasteiger charge is 2.40. The number of hydrazone groups is 1. The Balaban J connectivity index is 1.28. The molecule has 0 amide bonds. The van der Waals surface area contributed by atoms with Crippen LogP contribution in [0.2, 0.25) is 0 Å². The maximum absolute atomic E-state index is 12.5. The minimum atomic E-state index is -0.389. The van der Waals surface area contributed by atoms with E-state index in [-0.39, 0.29) is 18.2 Å². The average Bonchev–Trinajstić information content (AvgIpc) is 3.35. The number of para-hydroxylation sites is 1.